The largest absolute Gasteiger partial charge is 0.394 e. The van der Waals surface area contributed by atoms with E-state index in [2.05, 4.69) is 41.9 Å². The summed E-state index contributed by atoms with van der Waals surface area (Å²) in [4.78, 5) is 67.1. The first-order valence-electron chi connectivity index (χ1n) is 24.4. The van der Waals surface area contributed by atoms with Crippen LogP contribution in [-0.4, -0.2) is 118 Å². The fourth-order valence-electron chi connectivity index (χ4n) is 11.6. The Labute approximate surface area is 447 Å². The van der Waals surface area contributed by atoms with Gasteiger partial charge < -0.3 is 52.0 Å². The molecule has 0 saturated carbocycles. The first kappa shape index (κ1) is 55.6. The lowest BCUT2D eigenvalue weighted by Gasteiger charge is -2.38. The van der Waals surface area contributed by atoms with Crippen LogP contribution in [0.3, 0.4) is 0 Å². The molecular weight excluding hydrogens is 1040 g/mol. The number of benzene rings is 2. The number of aromatic nitrogens is 2. The number of carbonyl (C=O) groups is 4. The maximum atomic E-state index is 15.6. The Morgan fingerprint density at radius 2 is 1.31 bits per heavy atom. The Morgan fingerprint density at radius 1 is 0.757 bits per heavy atom. The van der Waals surface area contributed by atoms with E-state index in [0.29, 0.717) is 34.0 Å². The number of halogens is 6. The molecular formula is C52H60Cl4F2N8O8. The Morgan fingerprint density at radius 3 is 1.85 bits per heavy atom. The summed E-state index contributed by atoms with van der Waals surface area (Å²) in [5.41, 5.74) is -2.45. The fourth-order valence-corrected chi connectivity index (χ4v) is 12.3. The van der Waals surface area contributed by atoms with Gasteiger partial charge in [-0.15, -0.1) is 0 Å². The van der Waals surface area contributed by atoms with Gasteiger partial charge in [0.05, 0.1) is 59.2 Å². The van der Waals surface area contributed by atoms with Crippen molar-refractivity contribution in [2.75, 3.05) is 43.5 Å². The van der Waals surface area contributed by atoms with E-state index in [1.807, 2.05) is 34.6 Å². The highest BCUT2D eigenvalue weighted by Gasteiger charge is 2.68. The Bertz CT molecular complexity index is 2830. The van der Waals surface area contributed by atoms with Crippen molar-refractivity contribution in [1.82, 2.24) is 31.2 Å². The summed E-state index contributed by atoms with van der Waals surface area (Å²) in [6.07, 6.45) is 3.21. The lowest BCUT2D eigenvalue weighted by atomic mass is 9.62. The van der Waals surface area contributed by atoms with Crippen LogP contribution in [0.25, 0.3) is 0 Å². The van der Waals surface area contributed by atoms with Gasteiger partial charge in [-0.25, -0.2) is 8.78 Å². The van der Waals surface area contributed by atoms with Crippen LogP contribution in [0, 0.1) is 22.5 Å². The van der Waals surface area contributed by atoms with E-state index in [-0.39, 0.29) is 70.7 Å². The maximum absolute atomic E-state index is 15.6. The lowest BCUT2D eigenvalue weighted by molar-refractivity contribution is -0.125. The van der Waals surface area contributed by atoms with Crippen molar-refractivity contribution < 1.29 is 48.0 Å². The average molecular weight is 1100 g/mol. The van der Waals surface area contributed by atoms with Crippen molar-refractivity contribution in [3.63, 3.8) is 0 Å². The molecule has 2 aromatic heterocycles. The molecule has 1 unspecified atom stereocenters. The lowest BCUT2D eigenvalue weighted by Crippen LogP contribution is -2.50. The third-order valence-corrected chi connectivity index (χ3v) is 15.7. The summed E-state index contributed by atoms with van der Waals surface area (Å²) in [5, 5.41) is 48.7. The molecule has 2 fully saturated rings. The van der Waals surface area contributed by atoms with Crippen LogP contribution in [0.2, 0.25) is 20.1 Å². The number of nitrogens with zero attached hydrogens (tertiary/aromatic N) is 2. The highest BCUT2D eigenvalue weighted by atomic mass is 35.5. The van der Waals surface area contributed by atoms with E-state index >= 15 is 8.78 Å². The topological polar surface area (TPSA) is 236 Å². The molecule has 6 heterocycles. The summed E-state index contributed by atoms with van der Waals surface area (Å²) >= 11 is 25.5. The summed E-state index contributed by atoms with van der Waals surface area (Å²) in [6.45, 7) is 8.82. The minimum atomic E-state index is -1.66. The fraction of sp³-hybridized carbons (Fsp3) is 0.500. The van der Waals surface area contributed by atoms with Gasteiger partial charge in [0.15, 0.2) is 0 Å². The molecule has 398 valence electrons. The second-order valence-electron chi connectivity index (χ2n) is 21.7. The van der Waals surface area contributed by atoms with Gasteiger partial charge >= 0.3 is 0 Å². The Kier molecular flexibility index (Phi) is 16.4. The van der Waals surface area contributed by atoms with Gasteiger partial charge in [0.2, 0.25) is 23.6 Å². The molecule has 4 amide bonds. The molecule has 22 heteroatoms. The zero-order valence-electron chi connectivity index (χ0n) is 41.3. The number of nitrogens with one attached hydrogen (secondary N) is 6. The minimum absolute atomic E-state index is 0.00196. The van der Waals surface area contributed by atoms with E-state index in [9.17, 15) is 34.5 Å². The van der Waals surface area contributed by atoms with Crippen LogP contribution < -0.4 is 31.9 Å². The molecule has 2 spiro atoms. The molecule has 0 bridgehead atoms. The van der Waals surface area contributed by atoms with Crippen LogP contribution in [-0.2, 0) is 34.7 Å². The van der Waals surface area contributed by atoms with E-state index in [0.717, 1.165) is 0 Å². The SMILES string of the molecule is CC(C)(C)CC1N[C@@H](C(=O)NCC[C@@H](CO)OCC(C)(C)C[C@H]2N[C@@H](C(=O)NCC[C@H](O)CO)[C@H](c3cncc(Cl)c3)[C@@]23C(=O)Nc2cc(Cl)c(F)cc23)[C@H](c2cc(Cl)ccn2)[C@@]12C(=O)Nc1cc(Cl)c(F)cc12. The van der Waals surface area contributed by atoms with Crippen LogP contribution in [0.15, 0.2) is 61.1 Å². The van der Waals surface area contributed by atoms with Crippen molar-refractivity contribution in [1.29, 1.82) is 0 Å². The third kappa shape index (κ3) is 10.6. The van der Waals surface area contributed by atoms with Gasteiger partial charge in [-0.3, -0.25) is 29.1 Å². The number of ether oxygens (including phenoxy) is 1. The number of hydrogen-bond acceptors (Lipinski definition) is 12. The zero-order chi connectivity index (χ0) is 53.7. The molecule has 4 aromatic rings. The molecule has 0 aliphatic carbocycles. The average Bonchev–Trinajstić information content (AvgIpc) is 4.02. The van der Waals surface area contributed by atoms with Crippen molar-refractivity contribution in [3.8, 4) is 0 Å². The molecule has 9 N–H and O–H groups in total. The van der Waals surface area contributed by atoms with Gasteiger partial charge in [0.25, 0.3) is 0 Å². The highest BCUT2D eigenvalue weighted by molar-refractivity contribution is 6.32. The molecule has 4 aliphatic rings. The maximum Gasteiger partial charge on any atom is 0.237 e. The number of pyridine rings is 2. The first-order chi connectivity index (χ1) is 34.9. The Balaban J connectivity index is 1.03. The molecule has 0 radical (unpaired) electrons. The molecule has 16 nitrogen and oxygen atoms in total. The van der Waals surface area contributed by atoms with E-state index in [1.54, 1.807) is 18.2 Å². The smallest absolute Gasteiger partial charge is 0.237 e. The zero-order valence-corrected chi connectivity index (χ0v) is 44.3. The second-order valence-corrected chi connectivity index (χ2v) is 23.4. The highest BCUT2D eigenvalue weighted by Crippen LogP contribution is 2.59. The van der Waals surface area contributed by atoms with Gasteiger partial charge in [-0.2, -0.15) is 0 Å². The predicted molar refractivity (Wildman–Crippen MR) is 276 cm³/mol. The van der Waals surface area contributed by atoms with Crippen LogP contribution in [0.5, 0.6) is 0 Å². The molecule has 10 atom stereocenters. The number of carbonyl (C=O) groups excluding carboxylic acids is 4. The van der Waals surface area contributed by atoms with Crippen molar-refractivity contribution >= 4 is 81.4 Å². The normalized spacial score (nSPS) is 26.0. The van der Waals surface area contributed by atoms with Gasteiger partial charge in [-0.05, 0) is 95.7 Å². The number of fused-ring (bicyclic) bond motifs is 4. The summed E-state index contributed by atoms with van der Waals surface area (Å²) in [5.74, 6) is -5.51. The van der Waals surface area contributed by atoms with Crippen molar-refractivity contribution in [2.24, 2.45) is 10.8 Å². The van der Waals surface area contributed by atoms with E-state index in [4.69, 9.17) is 51.1 Å². The van der Waals surface area contributed by atoms with Crippen LogP contribution >= 0.6 is 46.4 Å². The van der Waals surface area contributed by atoms with Crippen LogP contribution in [0.4, 0.5) is 20.2 Å². The second kappa shape index (κ2) is 21.8. The van der Waals surface area contributed by atoms with E-state index < -0.39 is 113 Å². The van der Waals surface area contributed by atoms with Crippen LogP contribution in [0.1, 0.15) is 94.5 Å². The van der Waals surface area contributed by atoms with Crippen molar-refractivity contribution in [3.05, 3.63) is 115 Å². The summed E-state index contributed by atoms with van der Waals surface area (Å²) in [6, 6.07) is 6.12. The Hall–Kier alpha value is -4.60. The minimum Gasteiger partial charge on any atom is -0.394 e. The monoisotopic (exact) mass is 1100 g/mol. The first-order valence-corrected chi connectivity index (χ1v) is 25.9. The molecule has 2 aromatic carbocycles. The molecule has 4 aliphatic heterocycles. The standard InChI is InChI=1S/C52H60Cl4F2N8O8/c1-49(2,3)18-39-52(31-15-35(58)33(56)17-37(31)64-48(52)73)42(38-13-26(53)6-9-60-38)44(65-39)46(71)62-11-8-29(23-68)74-24-50(4,5)19-40-51(30-14-34(57)32(55)16-36(30)63-47(51)72)41(25-12-27(54)21-59-20-25)43(66-40)45(70)61-10-7-28(69)22-67/h6,9,12-17,20-21,28-29,39-44,65-69H,7-8,10-11,18-19,22-24H2,1-5H3,(H,61,70)(H,62,71)(H,63,72)(H,64,73)/t28-,29-,39?,40+,41-,42-,43+,44+,51-,52-/m0/s1. The third-order valence-electron chi connectivity index (χ3n) is 14.7. The van der Waals surface area contributed by atoms with Gasteiger partial charge in [0.1, 0.15) is 22.5 Å². The quantitative estimate of drug-likeness (QED) is 0.0535. The summed E-state index contributed by atoms with van der Waals surface area (Å²) in [7, 11) is 0. The van der Waals surface area contributed by atoms with Crippen molar-refractivity contribution in [2.45, 2.75) is 119 Å². The number of hydrogen-bond donors (Lipinski definition) is 9. The number of aliphatic hydroxyl groups excluding tert-OH is 3. The van der Waals surface area contributed by atoms with Gasteiger partial charge in [-0.1, -0.05) is 81.0 Å². The van der Waals surface area contributed by atoms with E-state index in [1.165, 1.54) is 42.9 Å². The molecule has 74 heavy (non-hydrogen) atoms. The van der Waals surface area contributed by atoms with Gasteiger partial charge in [0, 0.05) is 77.7 Å². The number of aliphatic hydroxyl groups is 3. The molecule has 2 saturated heterocycles. The molecule has 8 rings (SSSR count). The predicted octanol–water partition coefficient (Wildman–Crippen LogP) is 6.29. The number of anilines is 2. The number of amides is 4. The summed E-state index contributed by atoms with van der Waals surface area (Å²) < 4.78 is 37.4. The number of rotatable bonds is 18.